The van der Waals surface area contributed by atoms with E-state index >= 15 is 0 Å². The number of carbonyl (C=O) groups excluding carboxylic acids is 2. The Kier molecular flexibility index (Phi) is 5.33. The summed E-state index contributed by atoms with van der Waals surface area (Å²) in [6, 6.07) is 0.294. The third-order valence-corrected chi connectivity index (χ3v) is 8.59. The second kappa shape index (κ2) is 8.27. The molecule has 8 heteroatoms. The molecule has 4 saturated carbocycles. The maximum atomic E-state index is 12.7. The van der Waals surface area contributed by atoms with Gasteiger partial charge in [0.15, 0.2) is 0 Å². The molecule has 180 valence electrons. The van der Waals surface area contributed by atoms with Crippen LogP contribution in [-0.2, 0) is 31.9 Å². The average Bonchev–Trinajstić information content (AvgIpc) is 3.43. The van der Waals surface area contributed by atoms with E-state index in [4.69, 9.17) is 14.6 Å². The summed E-state index contributed by atoms with van der Waals surface area (Å²) in [5.41, 5.74) is 3.92. The van der Waals surface area contributed by atoms with Gasteiger partial charge in [0.2, 0.25) is 5.78 Å². The summed E-state index contributed by atoms with van der Waals surface area (Å²) in [4.78, 5) is 29.7. The van der Waals surface area contributed by atoms with Crippen molar-refractivity contribution in [1.29, 1.82) is 0 Å². The Hall–Kier alpha value is -2.58. The number of hydrogen-bond donors (Lipinski definition) is 1. The van der Waals surface area contributed by atoms with Gasteiger partial charge in [-0.05, 0) is 49.9 Å². The summed E-state index contributed by atoms with van der Waals surface area (Å²) in [5, 5.41) is 8.57. The number of methoxy groups -OCH3 is 2. The minimum Gasteiger partial charge on any atom is -0.383 e. The number of carbonyl (C=O) groups is 2. The minimum absolute atomic E-state index is 0.0262. The van der Waals surface area contributed by atoms with Crippen LogP contribution in [0.4, 0.5) is 0 Å². The molecule has 2 atom stereocenters. The molecule has 4 bridgehead atoms. The zero-order valence-corrected chi connectivity index (χ0v) is 19.9. The van der Waals surface area contributed by atoms with Gasteiger partial charge in [0.05, 0.1) is 41.6 Å². The van der Waals surface area contributed by atoms with Crippen molar-refractivity contribution >= 4 is 28.7 Å². The Morgan fingerprint density at radius 3 is 2.74 bits per heavy atom. The second-order valence-electron chi connectivity index (χ2n) is 10.6. The Morgan fingerprint density at radius 2 is 2.00 bits per heavy atom. The molecule has 5 aliphatic carbocycles. The standard InChI is InChI=1S/C26H32N4O4/c1-33-7-6-27-25(32)22(31)10-21-19-14-28-20-5-3-4-18(20)24(19)30(29-21)23-16-8-15-9-17(23)13-26(11-15,12-16)34-2/h3-4,14-17,23H,5-13H2,1-2H3,(H,27,32). The number of amides is 1. The van der Waals surface area contributed by atoms with Crippen LogP contribution >= 0.6 is 0 Å². The number of ether oxygens (including phenoxy) is 2. The largest absolute Gasteiger partial charge is 0.383 e. The van der Waals surface area contributed by atoms with Crippen molar-refractivity contribution in [3.05, 3.63) is 29.2 Å². The normalized spacial score (nSPS) is 30.8. The molecule has 2 aromatic heterocycles. The second-order valence-corrected chi connectivity index (χ2v) is 10.6. The summed E-state index contributed by atoms with van der Waals surface area (Å²) in [5.74, 6) is 0.695. The van der Waals surface area contributed by atoms with E-state index in [2.05, 4.69) is 27.1 Å². The average molecular weight is 465 g/mol. The number of pyridine rings is 1. The summed E-state index contributed by atoms with van der Waals surface area (Å²) >= 11 is 0. The summed E-state index contributed by atoms with van der Waals surface area (Å²) in [7, 11) is 3.43. The van der Waals surface area contributed by atoms with E-state index in [1.54, 1.807) is 7.11 Å². The topological polar surface area (TPSA) is 95.3 Å². The smallest absolute Gasteiger partial charge is 0.287 e. The van der Waals surface area contributed by atoms with Crippen LogP contribution in [0.2, 0.25) is 0 Å². The van der Waals surface area contributed by atoms with Crippen molar-refractivity contribution in [2.45, 2.75) is 56.6 Å². The van der Waals surface area contributed by atoms with Crippen LogP contribution in [-0.4, -0.2) is 59.4 Å². The highest BCUT2D eigenvalue weighted by molar-refractivity contribution is 6.36. The number of rotatable bonds is 8. The summed E-state index contributed by atoms with van der Waals surface area (Å²) < 4.78 is 13.2. The fraction of sp³-hybridized carbons (Fsp3) is 0.615. The first-order chi connectivity index (χ1) is 16.5. The van der Waals surface area contributed by atoms with Gasteiger partial charge in [0.25, 0.3) is 5.91 Å². The number of allylic oxidation sites excluding steroid dienone is 1. The van der Waals surface area contributed by atoms with Crippen molar-refractivity contribution in [2.75, 3.05) is 27.4 Å². The monoisotopic (exact) mass is 464 g/mol. The maximum absolute atomic E-state index is 12.7. The molecule has 0 saturated heterocycles. The molecule has 0 radical (unpaired) electrons. The zero-order chi connectivity index (χ0) is 23.4. The van der Waals surface area contributed by atoms with Crippen molar-refractivity contribution in [3.63, 3.8) is 0 Å². The van der Waals surface area contributed by atoms with Crippen LogP contribution in [0.3, 0.4) is 0 Å². The van der Waals surface area contributed by atoms with E-state index in [9.17, 15) is 9.59 Å². The lowest BCUT2D eigenvalue weighted by atomic mass is 9.52. The molecule has 2 unspecified atom stereocenters. The minimum atomic E-state index is -0.592. The first-order valence-corrected chi connectivity index (χ1v) is 12.4. The van der Waals surface area contributed by atoms with E-state index < -0.39 is 11.7 Å². The fourth-order valence-electron chi connectivity index (χ4n) is 7.39. The maximum Gasteiger partial charge on any atom is 0.287 e. The Labute approximate surface area is 199 Å². The first kappa shape index (κ1) is 21.9. The van der Waals surface area contributed by atoms with Gasteiger partial charge in [0, 0.05) is 44.3 Å². The number of aromatic nitrogens is 3. The molecular formula is C26H32N4O4. The molecule has 1 amide bonds. The van der Waals surface area contributed by atoms with E-state index in [1.165, 1.54) is 19.3 Å². The van der Waals surface area contributed by atoms with Crippen LogP contribution < -0.4 is 5.32 Å². The highest BCUT2D eigenvalue weighted by atomic mass is 16.5. The SMILES string of the molecule is COCCNC(=O)C(=O)Cc1nn(C2C3CC4CC2CC(OC)(C4)C3)c2c3c(ncc12)CC=C3. The van der Waals surface area contributed by atoms with Gasteiger partial charge < -0.3 is 14.8 Å². The summed E-state index contributed by atoms with van der Waals surface area (Å²) in [6.07, 6.45) is 12.7. The Morgan fingerprint density at radius 1 is 1.21 bits per heavy atom. The lowest BCUT2D eigenvalue weighted by Crippen LogP contribution is -2.56. The molecule has 0 aliphatic heterocycles. The van der Waals surface area contributed by atoms with Gasteiger partial charge in [-0.2, -0.15) is 5.10 Å². The quantitative estimate of drug-likeness (QED) is 0.477. The van der Waals surface area contributed by atoms with Gasteiger partial charge >= 0.3 is 0 Å². The van der Waals surface area contributed by atoms with Crippen molar-refractivity contribution in [2.24, 2.45) is 17.8 Å². The third kappa shape index (κ3) is 3.41. The van der Waals surface area contributed by atoms with Gasteiger partial charge in [-0.1, -0.05) is 12.2 Å². The van der Waals surface area contributed by atoms with E-state index in [-0.39, 0.29) is 12.0 Å². The third-order valence-electron chi connectivity index (χ3n) is 8.59. The molecule has 4 fully saturated rings. The molecule has 5 aliphatic rings. The molecule has 2 aromatic rings. The lowest BCUT2D eigenvalue weighted by molar-refractivity contribution is -0.165. The highest BCUT2D eigenvalue weighted by Gasteiger charge is 2.56. The van der Waals surface area contributed by atoms with Gasteiger partial charge in [-0.15, -0.1) is 0 Å². The zero-order valence-electron chi connectivity index (χ0n) is 19.9. The molecule has 34 heavy (non-hydrogen) atoms. The number of ketones is 1. The molecule has 8 nitrogen and oxygen atoms in total. The first-order valence-electron chi connectivity index (χ1n) is 12.4. The van der Waals surface area contributed by atoms with Crippen molar-refractivity contribution in [1.82, 2.24) is 20.1 Å². The van der Waals surface area contributed by atoms with Gasteiger partial charge in [-0.25, -0.2) is 0 Å². The van der Waals surface area contributed by atoms with Crippen LogP contribution in [0.1, 0.15) is 55.1 Å². The number of Topliss-reactive ketones (excluding diaryl/α,β-unsaturated/α-hetero) is 1. The van der Waals surface area contributed by atoms with Gasteiger partial charge in [0.1, 0.15) is 0 Å². The van der Waals surface area contributed by atoms with Crippen LogP contribution in [0.25, 0.3) is 17.0 Å². The predicted molar refractivity (Wildman–Crippen MR) is 126 cm³/mol. The van der Waals surface area contributed by atoms with E-state index in [0.717, 1.165) is 47.3 Å². The predicted octanol–water partition coefficient (Wildman–Crippen LogP) is 2.64. The Balaban J connectivity index is 1.38. The van der Waals surface area contributed by atoms with Crippen LogP contribution in [0.5, 0.6) is 0 Å². The van der Waals surface area contributed by atoms with Crippen LogP contribution in [0.15, 0.2) is 12.3 Å². The van der Waals surface area contributed by atoms with Crippen molar-refractivity contribution in [3.8, 4) is 0 Å². The molecule has 1 N–H and O–H groups in total. The van der Waals surface area contributed by atoms with E-state index in [0.29, 0.717) is 36.7 Å². The molecular weight excluding hydrogens is 432 g/mol. The summed E-state index contributed by atoms with van der Waals surface area (Å²) in [6.45, 7) is 0.678. The lowest BCUT2D eigenvalue weighted by Gasteiger charge is -2.59. The van der Waals surface area contributed by atoms with E-state index in [1.807, 2.05) is 13.3 Å². The number of nitrogens with one attached hydrogen (secondary N) is 1. The molecule has 0 aromatic carbocycles. The molecule has 0 spiro atoms. The highest BCUT2D eigenvalue weighted by Crippen LogP contribution is 2.61. The number of hydrogen-bond acceptors (Lipinski definition) is 6. The van der Waals surface area contributed by atoms with Gasteiger partial charge in [-0.3, -0.25) is 19.3 Å². The fourth-order valence-corrected chi connectivity index (χ4v) is 7.39. The van der Waals surface area contributed by atoms with Crippen LogP contribution in [0, 0.1) is 17.8 Å². The Bertz CT molecular complexity index is 1170. The van der Waals surface area contributed by atoms with Crippen molar-refractivity contribution < 1.29 is 19.1 Å². The molecule has 2 heterocycles. The number of fused-ring (bicyclic) bond motifs is 3. The molecule has 7 rings (SSSR count). The number of nitrogens with zero attached hydrogens (tertiary/aromatic N) is 3.